The number of nitrogens with two attached hydrogens (primary N) is 1. The first-order valence-electron chi connectivity index (χ1n) is 4.89. The molecule has 2 rings (SSSR count). The number of aromatic amines is 1. The van der Waals surface area contributed by atoms with Crippen molar-refractivity contribution in [2.75, 3.05) is 12.8 Å². The van der Waals surface area contributed by atoms with E-state index in [1.807, 2.05) is 0 Å². The molecule has 6 heteroatoms. The predicted molar refractivity (Wildman–Crippen MR) is 59.1 cm³/mol. The molecule has 2 aromatic rings. The van der Waals surface area contributed by atoms with E-state index in [-0.39, 0.29) is 18.0 Å². The molecular formula is C11H11F2N3O. The number of benzene rings is 1. The maximum absolute atomic E-state index is 13.7. The monoisotopic (exact) mass is 239 g/mol. The van der Waals surface area contributed by atoms with Crippen LogP contribution in [0.5, 0.6) is 0 Å². The molecule has 0 spiro atoms. The van der Waals surface area contributed by atoms with Gasteiger partial charge in [-0.1, -0.05) is 0 Å². The van der Waals surface area contributed by atoms with Crippen molar-refractivity contribution in [1.29, 1.82) is 0 Å². The van der Waals surface area contributed by atoms with Gasteiger partial charge in [0, 0.05) is 18.2 Å². The number of hydrogen-bond acceptors (Lipinski definition) is 3. The second-order valence-electron chi connectivity index (χ2n) is 3.57. The van der Waals surface area contributed by atoms with Crippen molar-refractivity contribution in [3.8, 4) is 11.1 Å². The summed E-state index contributed by atoms with van der Waals surface area (Å²) in [5.41, 5.74) is 6.51. The van der Waals surface area contributed by atoms with Gasteiger partial charge < -0.3 is 10.5 Å². The lowest BCUT2D eigenvalue weighted by molar-refractivity contribution is 0.184. The lowest BCUT2D eigenvalue weighted by Crippen LogP contribution is -1.97. The molecule has 90 valence electrons. The summed E-state index contributed by atoms with van der Waals surface area (Å²) in [4.78, 5) is 0. The largest absolute Gasteiger partial charge is 0.384 e. The highest BCUT2D eigenvalue weighted by Gasteiger charge is 2.15. The molecular weight excluding hydrogens is 228 g/mol. The minimum Gasteiger partial charge on any atom is -0.384 e. The van der Waals surface area contributed by atoms with Crippen molar-refractivity contribution >= 4 is 5.82 Å². The van der Waals surface area contributed by atoms with Crippen LogP contribution in [0.3, 0.4) is 0 Å². The Morgan fingerprint density at radius 2 is 2.12 bits per heavy atom. The van der Waals surface area contributed by atoms with Gasteiger partial charge in [0.25, 0.3) is 0 Å². The molecule has 3 N–H and O–H groups in total. The summed E-state index contributed by atoms with van der Waals surface area (Å²) in [6.45, 7) is 0.196. The summed E-state index contributed by atoms with van der Waals surface area (Å²) in [5, 5.41) is 6.15. The Bertz CT molecular complexity index is 540. The number of hydrogen-bond donors (Lipinski definition) is 2. The predicted octanol–water partition coefficient (Wildman–Crippen LogP) is 2.08. The molecule has 4 nitrogen and oxygen atoms in total. The second-order valence-corrected chi connectivity index (χ2v) is 3.57. The average molecular weight is 239 g/mol. The number of ether oxygens (including phenoxy) is 1. The van der Waals surface area contributed by atoms with Crippen molar-refractivity contribution in [1.82, 2.24) is 10.2 Å². The van der Waals surface area contributed by atoms with E-state index in [0.717, 1.165) is 6.07 Å². The first-order chi connectivity index (χ1) is 8.13. The minimum absolute atomic E-state index is 0.0725. The van der Waals surface area contributed by atoms with Crippen LogP contribution in [0.25, 0.3) is 11.1 Å². The maximum atomic E-state index is 13.7. The second kappa shape index (κ2) is 4.50. The Balaban J connectivity index is 2.56. The summed E-state index contributed by atoms with van der Waals surface area (Å²) in [6.07, 6.45) is 1.35. The first kappa shape index (κ1) is 11.5. The van der Waals surface area contributed by atoms with Gasteiger partial charge in [-0.3, -0.25) is 5.10 Å². The molecule has 0 saturated heterocycles. The van der Waals surface area contributed by atoms with Crippen molar-refractivity contribution in [3.63, 3.8) is 0 Å². The molecule has 0 fully saturated rings. The molecule has 0 bridgehead atoms. The van der Waals surface area contributed by atoms with Crippen LogP contribution in [-0.4, -0.2) is 17.3 Å². The number of H-pyrrole nitrogens is 1. The van der Waals surface area contributed by atoms with Crippen LogP contribution in [0.1, 0.15) is 5.56 Å². The molecule has 0 saturated carbocycles. The number of rotatable bonds is 3. The fourth-order valence-electron chi connectivity index (χ4n) is 1.60. The van der Waals surface area contributed by atoms with E-state index in [0.29, 0.717) is 11.1 Å². The van der Waals surface area contributed by atoms with Crippen molar-refractivity contribution in [2.45, 2.75) is 6.61 Å². The lowest BCUT2D eigenvalue weighted by Gasteiger charge is -2.06. The normalized spacial score (nSPS) is 10.8. The number of methoxy groups -OCH3 is 1. The Labute approximate surface area is 96.4 Å². The van der Waals surface area contributed by atoms with Gasteiger partial charge in [0.15, 0.2) is 11.6 Å². The van der Waals surface area contributed by atoms with Gasteiger partial charge in [-0.2, -0.15) is 5.10 Å². The standard InChI is InChI=1S/C11H11F2N3O/c1-17-5-6-2-7(10(13)9(12)3-6)8-4-15-16-11(8)14/h2-4H,5H2,1H3,(H3,14,15,16). The number of nitrogen functional groups attached to an aromatic ring is 1. The van der Waals surface area contributed by atoms with E-state index < -0.39 is 11.6 Å². The molecule has 17 heavy (non-hydrogen) atoms. The molecule has 0 amide bonds. The summed E-state index contributed by atoms with van der Waals surface area (Å²) in [5.74, 6) is -1.69. The number of halogens is 2. The Hall–Kier alpha value is -1.95. The number of aromatic nitrogens is 2. The average Bonchev–Trinajstić information content (AvgIpc) is 2.70. The zero-order valence-corrected chi connectivity index (χ0v) is 9.13. The molecule has 0 aliphatic rings. The van der Waals surface area contributed by atoms with E-state index in [4.69, 9.17) is 10.5 Å². The van der Waals surface area contributed by atoms with Crippen LogP contribution < -0.4 is 5.73 Å². The van der Waals surface area contributed by atoms with Gasteiger partial charge in [0.2, 0.25) is 0 Å². The van der Waals surface area contributed by atoms with E-state index in [1.54, 1.807) is 0 Å². The molecule has 1 aromatic heterocycles. The summed E-state index contributed by atoms with van der Waals surface area (Å²) < 4.78 is 31.9. The van der Waals surface area contributed by atoms with Crippen LogP contribution in [0.15, 0.2) is 18.3 Å². The van der Waals surface area contributed by atoms with E-state index >= 15 is 0 Å². The fourth-order valence-corrected chi connectivity index (χ4v) is 1.60. The SMILES string of the molecule is COCc1cc(F)c(F)c(-c2cn[nH]c2N)c1. The maximum Gasteiger partial charge on any atom is 0.166 e. The van der Waals surface area contributed by atoms with Crippen molar-refractivity contribution in [3.05, 3.63) is 35.5 Å². The number of nitrogens with one attached hydrogen (secondary N) is 1. The summed E-state index contributed by atoms with van der Waals surface area (Å²) >= 11 is 0. The third-order valence-corrected chi connectivity index (χ3v) is 2.36. The molecule has 0 atom stereocenters. The van der Waals surface area contributed by atoms with Crippen LogP contribution in [0, 0.1) is 11.6 Å². The minimum atomic E-state index is -0.946. The van der Waals surface area contributed by atoms with Crippen molar-refractivity contribution in [2.24, 2.45) is 0 Å². The highest BCUT2D eigenvalue weighted by atomic mass is 19.2. The fraction of sp³-hybridized carbons (Fsp3) is 0.182. The highest BCUT2D eigenvalue weighted by molar-refractivity contribution is 5.74. The lowest BCUT2D eigenvalue weighted by atomic mass is 10.0. The Morgan fingerprint density at radius 3 is 2.71 bits per heavy atom. The van der Waals surface area contributed by atoms with Gasteiger partial charge in [-0.25, -0.2) is 8.78 Å². The molecule has 0 unspecified atom stereocenters. The first-order valence-corrected chi connectivity index (χ1v) is 4.89. The van der Waals surface area contributed by atoms with Crippen LogP contribution in [-0.2, 0) is 11.3 Å². The number of anilines is 1. The quantitative estimate of drug-likeness (QED) is 0.861. The van der Waals surface area contributed by atoms with Gasteiger partial charge in [-0.15, -0.1) is 0 Å². The zero-order chi connectivity index (χ0) is 12.4. The zero-order valence-electron chi connectivity index (χ0n) is 9.13. The van der Waals surface area contributed by atoms with Crippen LogP contribution in [0.4, 0.5) is 14.6 Å². The summed E-state index contributed by atoms with van der Waals surface area (Å²) in [6, 6.07) is 2.59. The van der Waals surface area contributed by atoms with Gasteiger partial charge in [-0.05, 0) is 17.7 Å². The highest BCUT2D eigenvalue weighted by Crippen LogP contribution is 2.29. The summed E-state index contributed by atoms with van der Waals surface area (Å²) in [7, 11) is 1.48. The van der Waals surface area contributed by atoms with Gasteiger partial charge in [0.1, 0.15) is 5.82 Å². The van der Waals surface area contributed by atoms with E-state index in [9.17, 15) is 8.78 Å². The van der Waals surface area contributed by atoms with E-state index in [1.165, 1.54) is 19.4 Å². The molecule has 0 radical (unpaired) electrons. The van der Waals surface area contributed by atoms with Crippen molar-refractivity contribution < 1.29 is 13.5 Å². The topological polar surface area (TPSA) is 63.9 Å². The molecule has 1 aromatic carbocycles. The Kier molecular flexibility index (Phi) is 3.06. The Morgan fingerprint density at radius 1 is 1.35 bits per heavy atom. The molecule has 1 heterocycles. The van der Waals surface area contributed by atoms with Gasteiger partial charge >= 0.3 is 0 Å². The van der Waals surface area contributed by atoms with E-state index in [2.05, 4.69) is 10.2 Å². The van der Waals surface area contributed by atoms with Crippen LogP contribution >= 0.6 is 0 Å². The third-order valence-electron chi connectivity index (χ3n) is 2.36. The smallest absolute Gasteiger partial charge is 0.166 e. The number of nitrogens with zero attached hydrogens (tertiary/aromatic N) is 1. The van der Waals surface area contributed by atoms with Crippen LogP contribution in [0.2, 0.25) is 0 Å². The third kappa shape index (κ3) is 2.12. The van der Waals surface area contributed by atoms with Gasteiger partial charge in [0.05, 0.1) is 12.8 Å². The molecule has 0 aliphatic carbocycles. The molecule has 0 aliphatic heterocycles.